The molecule has 0 aliphatic rings. The van der Waals surface area contributed by atoms with Gasteiger partial charge in [0.15, 0.2) is 0 Å². The summed E-state index contributed by atoms with van der Waals surface area (Å²) in [4.78, 5) is 11.7. The van der Waals surface area contributed by atoms with Gasteiger partial charge in [0.1, 0.15) is 0 Å². The van der Waals surface area contributed by atoms with Crippen LogP contribution < -0.4 is 5.32 Å². The van der Waals surface area contributed by atoms with E-state index in [4.69, 9.17) is 0 Å². The third-order valence-corrected chi connectivity index (χ3v) is 3.87. The number of hydrogen-bond donors (Lipinski definition) is 1. The first-order valence-corrected chi connectivity index (χ1v) is 7.93. The van der Waals surface area contributed by atoms with Crippen molar-refractivity contribution in [3.63, 3.8) is 0 Å². The number of benzene rings is 1. The summed E-state index contributed by atoms with van der Waals surface area (Å²) in [6.07, 6.45) is 0.264. The minimum atomic E-state index is -4.67. The molecule has 4 aromatic rings. The zero-order valence-electron chi connectivity index (χ0n) is 13.7. The minimum absolute atomic E-state index is 0.156. The quantitative estimate of drug-likeness (QED) is 0.576. The maximum Gasteiger partial charge on any atom is 0.471 e. The Morgan fingerprint density at radius 2 is 1.89 bits per heavy atom. The van der Waals surface area contributed by atoms with Crippen molar-refractivity contribution in [2.75, 3.05) is 5.32 Å². The molecule has 4 rings (SSSR count). The highest BCUT2D eigenvalue weighted by Crippen LogP contribution is 2.29. The van der Waals surface area contributed by atoms with Crippen molar-refractivity contribution in [1.82, 2.24) is 20.1 Å². The van der Waals surface area contributed by atoms with E-state index in [-0.39, 0.29) is 5.82 Å². The Balaban J connectivity index is 1.45. The summed E-state index contributed by atoms with van der Waals surface area (Å²) in [6.45, 7) is 0.450. The molecule has 9 heteroatoms. The summed E-state index contributed by atoms with van der Waals surface area (Å²) in [5, 5.41) is 8.70. The normalized spacial score (nSPS) is 11.7. The van der Waals surface area contributed by atoms with Gasteiger partial charge in [0.25, 0.3) is 0 Å². The molecule has 1 aromatic carbocycles. The van der Waals surface area contributed by atoms with Crippen LogP contribution >= 0.6 is 0 Å². The van der Waals surface area contributed by atoms with E-state index in [0.29, 0.717) is 17.8 Å². The highest BCUT2D eigenvalue weighted by Gasteiger charge is 2.38. The van der Waals surface area contributed by atoms with Crippen molar-refractivity contribution in [2.24, 2.45) is 0 Å². The fraction of sp³-hybridized carbons (Fsp3) is 0.111. The number of halogens is 3. The second-order valence-corrected chi connectivity index (χ2v) is 5.75. The number of aromatic nitrogens is 4. The topological polar surface area (TPSA) is 76.7 Å². The van der Waals surface area contributed by atoms with Crippen LogP contribution in [0.15, 0.2) is 59.5 Å². The van der Waals surface area contributed by atoms with Crippen molar-refractivity contribution in [3.05, 3.63) is 66.6 Å². The Morgan fingerprint density at radius 3 is 2.63 bits per heavy atom. The molecule has 1 N–H and O–H groups in total. The van der Waals surface area contributed by atoms with Crippen LogP contribution in [0.2, 0.25) is 0 Å². The van der Waals surface area contributed by atoms with Gasteiger partial charge in [0, 0.05) is 35.2 Å². The lowest BCUT2D eigenvalue weighted by Crippen LogP contribution is -2.05. The number of pyridine rings is 2. The van der Waals surface area contributed by atoms with Crippen molar-refractivity contribution < 1.29 is 17.7 Å². The summed E-state index contributed by atoms with van der Waals surface area (Å²) < 4.78 is 41.8. The Hall–Kier alpha value is -3.49. The Morgan fingerprint density at radius 1 is 1.00 bits per heavy atom. The first kappa shape index (κ1) is 17.0. The van der Waals surface area contributed by atoms with Crippen LogP contribution in [0.3, 0.4) is 0 Å². The molecule has 0 spiro atoms. The van der Waals surface area contributed by atoms with E-state index in [0.717, 1.165) is 16.5 Å². The molecule has 0 fully saturated rings. The van der Waals surface area contributed by atoms with Crippen molar-refractivity contribution in [3.8, 4) is 11.4 Å². The molecule has 3 heterocycles. The van der Waals surface area contributed by atoms with E-state index in [2.05, 4.69) is 29.9 Å². The van der Waals surface area contributed by atoms with Crippen molar-refractivity contribution >= 4 is 16.5 Å². The number of hydrogen-bond acceptors (Lipinski definition) is 6. The van der Waals surface area contributed by atoms with E-state index in [1.54, 1.807) is 24.5 Å². The number of nitrogens with zero attached hydrogens (tertiary/aromatic N) is 4. The van der Waals surface area contributed by atoms with Gasteiger partial charge in [-0.25, -0.2) is 0 Å². The Kier molecular flexibility index (Phi) is 4.19. The van der Waals surface area contributed by atoms with Gasteiger partial charge >= 0.3 is 12.1 Å². The lowest BCUT2D eigenvalue weighted by atomic mass is 10.1. The van der Waals surface area contributed by atoms with Crippen LogP contribution in [0, 0.1) is 0 Å². The molecule has 0 saturated heterocycles. The van der Waals surface area contributed by atoms with Crippen LogP contribution in [0.4, 0.5) is 18.9 Å². The second-order valence-electron chi connectivity index (χ2n) is 5.75. The first-order chi connectivity index (χ1) is 13.0. The summed E-state index contributed by atoms with van der Waals surface area (Å²) in [5.74, 6) is -1.54. The maximum absolute atomic E-state index is 12.5. The Bertz CT molecular complexity index is 1080. The van der Waals surface area contributed by atoms with Crippen molar-refractivity contribution in [2.45, 2.75) is 12.7 Å². The number of alkyl halides is 3. The molecule has 0 radical (unpaired) electrons. The maximum atomic E-state index is 12.5. The predicted molar refractivity (Wildman–Crippen MR) is 91.6 cm³/mol. The molecule has 0 unspecified atom stereocenters. The van der Waals surface area contributed by atoms with E-state index < -0.39 is 12.1 Å². The molecule has 0 amide bonds. The van der Waals surface area contributed by atoms with Gasteiger partial charge < -0.3 is 9.84 Å². The van der Waals surface area contributed by atoms with Gasteiger partial charge in [-0.05, 0) is 35.7 Å². The molecule has 0 saturated carbocycles. The van der Waals surface area contributed by atoms with Gasteiger partial charge in [-0.15, -0.1) is 0 Å². The standard InChI is InChI=1S/C18H12F3N5O/c19-18(20,21)17-25-16(26-27-17)12-2-4-15(23-9-12)10-24-14-3-1-11-5-6-22-8-13(11)7-14/h1-9,24H,10H2. The van der Waals surface area contributed by atoms with Crippen LogP contribution in [-0.4, -0.2) is 20.1 Å². The van der Waals surface area contributed by atoms with Crippen LogP contribution in [-0.2, 0) is 12.7 Å². The zero-order valence-corrected chi connectivity index (χ0v) is 13.7. The summed E-state index contributed by atoms with van der Waals surface area (Å²) in [7, 11) is 0. The lowest BCUT2D eigenvalue weighted by molar-refractivity contribution is -0.159. The second kappa shape index (κ2) is 6.67. The van der Waals surface area contributed by atoms with Crippen molar-refractivity contribution in [1.29, 1.82) is 0 Å². The third kappa shape index (κ3) is 3.71. The van der Waals surface area contributed by atoms with Crippen LogP contribution in [0.1, 0.15) is 11.6 Å². The molecule has 0 aliphatic carbocycles. The van der Waals surface area contributed by atoms with E-state index in [9.17, 15) is 13.2 Å². The fourth-order valence-electron chi connectivity index (χ4n) is 2.50. The molecule has 0 atom stereocenters. The molecular formula is C18H12F3N5O. The summed E-state index contributed by atoms with van der Waals surface area (Å²) in [5.41, 5.74) is 1.97. The minimum Gasteiger partial charge on any atom is -0.379 e. The van der Waals surface area contributed by atoms with Gasteiger partial charge in [-0.2, -0.15) is 18.2 Å². The van der Waals surface area contributed by atoms with Crippen LogP contribution in [0.25, 0.3) is 22.2 Å². The van der Waals surface area contributed by atoms with Gasteiger partial charge in [0.05, 0.1) is 12.2 Å². The highest BCUT2D eigenvalue weighted by molar-refractivity contribution is 5.84. The number of rotatable bonds is 4. The first-order valence-electron chi connectivity index (χ1n) is 7.93. The number of fused-ring (bicyclic) bond motifs is 1. The largest absolute Gasteiger partial charge is 0.471 e. The molecular weight excluding hydrogens is 359 g/mol. The van der Waals surface area contributed by atoms with Crippen LogP contribution in [0.5, 0.6) is 0 Å². The highest BCUT2D eigenvalue weighted by atomic mass is 19.4. The van der Waals surface area contributed by atoms with E-state index >= 15 is 0 Å². The number of anilines is 1. The average molecular weight is 371 g/mol. The van der Waals surface area contributed by atoms with Gasteiger partial charge in [-0.3, -0.25) is 9.97 Å². The monoisotopic (exact) mass is 371 g/mol. The molecule has 0 bridgehead atoms. The molecule has 0 aliphatic heterocycles. The molecule has 6 nitrogen and oxygen atoms in total. The fourth-order valence-corrected chi connectivity index (χ4v) is 2.50. The molecule has 136 valence electrons. The molecule has 27 heavy (non-hydrogen) atoms. The Labute approximate surface area is 151 Å². The average Bonchev–Trinajstić information content (AvgIpc) is 3.17. The lowest BCUT2D eigenvalue weighted by Gasteiger charge is -2.07. The smallest absolute Gasteiger partial charge is 0.379 e. The third-order valence-electron chi connectivity index (χ3n) is 3.87. The molecule has 3 aromatic heterocycles. The SMILES string of the molecule is FC(F)(F)c1nc(-c2ccc(CNc3ccc4ccncc4c3)nc2)no1. The van der Waals surface area contributed by atoms with E-state index in [1.807, 2.05) is 24.3 Å². The summed E-state index contributed by atoms with van der Waals surface area (Å²) in [6, 6.07) is 11.1. The number of nitrogens with one attached hydrogen (secondary N) is 1. The van der Waals surface area contributed by atoms with Gasteiger partial charge in [0.2, 0.25) is 5.82 Å². The predicted octanol–water partition coefficient (Wildman–Crippen LogP) is 4.31. The zero-order chi connectivity index (χ0) is 18.9. The van der Waals surface area contributed by atoms with Gasteiger partial charge in [-0.1, -0.05) is 11.2 Å². The summed E-state index contributed by atoms with van der Waals surface area (Å²) >= 11 is 0. The van der Waals surface area contributed by atoms with E-state index in [1.165, 1.54) is 6.20 Å².